The predicted octanol–water partition coefficient (Wildman–Crippen LogP) is 6.10. The molecule has 0 saturated heterocycles. The highest BCUT2D eigenvalue weighted by molar-refractivity contribution is 6.30. The van der Waals surface area contributed by atoms with Crippen LogP contribution in [0.5, 0.6) is 5.75 Å². The molecule has 1 N–H and O–H groups in total. The zero-order valence-corrected chi connectivity index (χ0v) is 19.1. The van der Waals surface area contributed by atoms with Gasteiger partial charge in [-0.1, -0.05) is 23.7 Å². The fourth-order valence-electron chi connectivity index (χ4n) is 3.57. The van der Waals surface area contributed by atoms with E-state index < -0.39 is 24.0 Å². The average molecular weight is 488 g/mol. The van der Waals surface area contributed by atoms with Gasteiger partial charge in [0.1, 0.15) is 17.7 Å². The molecule has 0 bridgehead atoms. The topological polar surface area (TPSA) is 56.1 Å². The van der Waals surface area contributed by atoms with Gasteiger partial charge in [0.05, 0.1) is 23.4 Å². The summed E-state index contributed by atoms with van der Waals surface area (Å²) in [6.45, 7) is 2.12. The third kappa shape index (κ3) is 5.17. The number of fused-ring (bicyclic) bond motifs is 1. The van der Waals surface area contributed by atoms with E-state index in [0.29, 0.717) is 28.9 Å². The molecule has 5 nitrogen and oxygen atoms in total. The number of nitrogens with one attached hydrogen (secondary N) is 1. The molecule has 9 heteroatoms. The van der Waals surface area contributed by atoms with Crippen LogP contribution in [0.1, 0.15) is 25.5 Å². The molecule has 0 aliphatic heterocycles. The van der Waals surface area contributed by atoms with Gasteiger partial charge in [-0.25, -0.2) is 9.07 Å². The van der Waals surface area contributed by atoms with Crippen LogP contribution in [0.25, 0.3) is 16.6 Å². The second-order valence-corrected chi connectivity index (χ2v) is 8.43. The Morgan fingerprint density at radius 3 is 2.53 bits per heavy atom. The Morgan fingerprint density at radius 2 is 1.85 bits per heavy atom. The van der Waals surface area contributed by atoms with E-state index in [1.165, 1.54) is 12.1 Å². The van der Waals surface area contributed by atoms with E-state index in [4.69, 9.17) is 16.3 Å². The molecule has 34 heavy (non-hydrogen) atoms. The molecule has 0 fully saturated rings. The standard InChI is InChI=1S/C25H21ClF3N3O2/c1-15(31-24(33)25(2,28)29)23(16-4-3-5-18(26)12-16)34-21-10-11-22-17(13-21)14-30-32(22)20-8-6-19(27)7-9-20/h3-15,23H,1-2H3,(H,31,33)/t15-,23+/m0/s1. The minimum Gasteiger partial charge on any atom is -0.484 e. The Bertz CT molecular complexity index is 1320. The molecule has 1 aromatic heterocycles. The molecule has 0 aliphatic rings. The first-order valence-corrected chi connectivity index (χ1v) is 10.8. The zero-order chi connectivity index (χ0) is 24.5. The number of amides is 1. The van der Waals surface area contributed by atoms with Crippen LogP contribution < -0.4 is 10.1 Å². The smallest absolute Gasteiger partial charge is 0.321 e. The number of ether oxygens (including phenoxy) is 1. The number of hydrogen-bond acceptors (Lipinski definition) is 3. The molecule has 4 rings (SSSR count). The third-order valence-corrected chi connectivity index (χ3v) is 5.50. The Morgan fingerprint density at radius 1 is 1.12 bits per heavy atom. The van der Waals surface area contributed by atoms with Crippen molar-refractivity contribution in [1.29, 1.82) is 0 Å². The Kier molecular flexibility index (Phi) is 6.52. The highest BCUT2D eigenvalue weighted by atomic mass is 35.5. The summed E-state index contributed by atoms with van der Waals surface area (Å²) < 4.78 is 48.0. The van der Waals surface area contributed by atoms with Crippen molar-refractivity contribution in [3.8, 4) is 11.4 Å². The van der Waals surface area contributed by atoms with Gasteiger partial charge < -0.3 is 10.1 Å². The van der Waals surface area contributed by atoms with E-state index in [2.05, 4.69) is 10.4 Å². The fourth-order valence-corrected chi connectivity index (χ4v) is 3.77. The molecule has 0 spiro atoms. The van der Waals surface area contributed by atoms with Gasteiger partial charge in [0.25, 0.3) is 5.91 Å². The van der Waals surface area contributed by atoms with Crippen LogP contribution in [-0.2, 0) is 4.79 Å². The highest BCUT2D eigenvalue weighted by Crippen LogP contribution is 2.30. The van der Waals surface area contributed by atoms with E-state index in [1.807, 2.05) is 0 Å². The number of carbonyl (C=O) groups excluding carboxylic acids is 1. The minimum atomic E-state index is -3.53. The SMILES string of the molecule is C[C@H](NC(=O)C(C)(F)F)[C@@H](Oc1ccc2c(cnn2-c2ccc(F)cc2)c1)c1cccc(Cl)c1. The van der Waals surface area contributed by atoms with Gasteiger partial charge in [-0.15, -0.1) is 0 Å². The van der Waals surface area contributed by atoms with Crippen LogP contribution in [0.4, 0.5) is 13.2 Å². The zero-order valence-electron chi connectivity index (χ0n) is 18.3. The first-order valence-electron chi connectivity index (χ1n) is 10.5. The normalized spacial score (nSPS) is 13.5. The number of carbonyl (C=O) groups is 1. The van der Waals surface area contributed by atoms with Crippen LogP contribution in [0.2, 0.25) is 5.02 Å². The van der Waals surface area contributed by atoms with Crippen molar-refractivity contribution in [3.05, 3.63) is 89.3 Å². The summed E-state index contributed by atoms with van der Waals surface area (Å²) in [6, 6.07) is 17.2. The molecule has 3 aromatic carbocycles. The van der Waals surface area contributed by atoms with Gasteiger partial charge in [0.15, 0.2) is 0 Å². The number of aromatic nitrogens is 2. The summed E-state index contributed by atoms with van der Waals surface area (Å²) in [5.74, 6) is -4.82. The average Bonchev–Trinajstić information content (AvgIpc) is 3.20. The summed E-state index contributed by atoms with van der Waals surface area (Å²) in [7, 11) is 0. The first-order chi connectivity index (χ1) is 16.1. The van der Waals surface area contributed by atoms with Gasteiger partial charge in [-0.2, -0.15) is 13.9 Å². The molecular weight excluding hydrogens is 467 g/mol. The first kappa shape index (κ1) is 23.6. The molecule has 4 aromatic rings. The molecule has 0 saturated carbocycles. The molecule has 0 unspecified atom stereocenters. The maximum absolute atomic E-state index is 13.5. The van der Waals surface area contributed by atoms with Crippen LogP contribution in [0, 0.1) is 5.82 Å². The Balaban J connectivity index is 1.64. The molecule has 2 atom stereocenters. The minimum absolute atomic E-state index is 0.343. The molecular formula is C25H21ClF3N3O2. The molecule has 1 amide bonds. The van der Waals surface area contributed by atoms with Crippen LogP contribution in [-0.4, -0.2) is 27.7 Å². The summed E-state index contributed by atoms with van der Waals surface area (Å²) in [6.07, 6.45) is 0.845. The van der Waals surface area contributed by atoms with Gasteiger partial charge >= 0.3 is 5.92 Å². The van der Waals surface area contributed by atoms with Crippen molar-refractivity contribution < 1.29 is 22.7 Å². The lowest BCUT2D eigenvalue weighted by Gasteiger charge is -2.27. The van der Waals surface area contributed by atoms with Crippen molar-refractivity contribution >= 4 is 28.4 Å². The number of benzene rings is 3. The lowest BCUT2D eigenvalue weighted by atomic mass is 10.0. The monoisotopic (exact) mass is 487 g/mol. The number of rotatable bonds is 7. The Labute approximate surface area is 199 Å². The van der Waals surface area contributed by atoms with Crippen LogP contribution >= 0.6 is 11.6 Å². The lowest BCUT2D eigenvalue weighted by molar-refractivity contribution is -0.144. The summed E-state index contributed by atoms with van der Waals surface area (Å²) in [5, 5.41) is 7.89. The number of alkyl halides is 2. The maximum Gasteiger partial charge on any atom is 0.321 e. The van der Waals surface area contributed by atoms with Crippen molar-refractivity contribution in [1.82, 2.24) is 15.1 Å². The third-order valence-electron chi connectivity index (χ3n) is 5.26. The maximum atomic E-state index is 13.5. The summed E-state index contributed by atoms with van der Waals surface area (Å²) in [5.41, 5.74) is 2.07. The highest BCUT2D eigenvalue weighted by Gasteiger charge is 2.35. The van der Waals surface area contributed by atoms with E-state index in [0.717, 1.165) is 10.9 Å². The van der Waals surface area contributed by atoms with Crippen molar-refractivity contribution in [2.75, 3.05) is 0 Å². The number of hydrogen-bond donors (Lipinski definition) is 1. The second-order valence-electron chi connectivity index (χ2n) is 8.00. The van der Waals surface area contributed by atoms with Crippen LogP contribution in [0.3, 0.4) is 0 Å². The van der Waals surface area contributed by atoms with Gasteiger partial charge in [-0.3, -0.25) is 4.79 Å². The van der Waals surface area contributed by atoms with Gasteiger partial charge in [-0.05, 0) is 67.1 Å². The molecule has 0 aliphatic carbocycles. The molecule has 176 valence electrons. The van der Waals surface area contributed by atoms with E-state index in [9.17, 15) is 18.0 Å². The molecule has 0 radical (unpaired) electrons. The van der Waals surface area contributed by atoms with Crippen molar-refractivity contribution in [2.24, 2.45) is 0 Å². The van der Waals surface area contributed by atoms with E-state index in [1.54, 1.807) is 72.4 Å². The lowest BCUT2D eigenvalue weighted by Crippen LogP contribution is -2.46. The predicted molar refractivity (Wildman–Crippen MR) is 124 cm³/mol. The quantitative estimate of drug-likeness (QED) is 0.343. The Hall–Kier alpha value is -3.52. The number of nitrogens with zero attached hydrogens (tertiary/aromatic N) is 2. The van der Waals surface area contributed by atoms with Crippen molar-refractivity contribution in [2.45, 2.75) is 31.9 Å². The summed E-state index contributed by atoms with van der Waals surface area (Å²) >= 11 is 6.13. The van der Waals surface area contributed by atoms with Crippen LogP contribution in [0.15, 0.2) is 72.9 Å². The van der Waals surface area contributed by atoms with Gasteiger partial charge in [0, 0.05) is 17.3 Å². The second kappa shape index (κ2) is 9.38. The molecule has 1 heterocycles. The largest absolute Gasteiger partial charge is 0.484 e. The summed E-state index contributed by atoms with van der Waals surface area (Å²) in [4.78, 5) is 11.9. The van der Waals surface area contributed by atoms with Gasteiger partial charge in [0.2, 0.25) is 0 Å². The van der Waals surface area contributed by atoms with E-state index >= 15 is 0 Å². The van der Waals surface area contributed by atoms with E-state index in [-0.39, 0.29) is 5.82 Å². The number of halogens is 4. The van der Waals surface area contributed by atoms with Crippen molar-refractivity contribution in [3.63, 3.8) is 0 Å². The fraction of sp³-hybridized carbons (Fsp3) is 0.200.